The molecule has 0 unspecified atom stereocenters. The van der Waals surface area contributed by atoms with Gasteiger partial charge in [-0.2, -0.15) is 17.2 Å². The third-order valence-electron chi connectivity index (χ3n) is 2.60. The number of benzene rings is 1. The molecular weight excluding hydrogens is 707 g/mol. The predicted molar refractivity (Wildman–Crippen MR) is 109 cm³/mol. The zero-order chi connectivity index (χ0) is 19.6. The molecule has 0 aliphatic rings. The molecule has 2 N–H and O–H groups in total. The number of carbonyl (C=O) groups excluding carboxylic acids is 1. The molecule has 0 aromatic heterocycles. The van der Waals surface area contributed by atoms with Crippen LogP contribution in [0.3, 0.4) is 0 Å². The van der Waals surface area contributed by atoms with Crippen molar-refractivity contribution in [2.45, 2.75) is 5.25 Å². The van der Waals surface area contributed by atoms with E-state index in [2.05, 4.69) is 11.3 Å². The summed E-state index contributed by atoms with van der Waals surface area (Å²) in [5, 5.41) is 5.41. The molecule has 0 saturated carbocycles. The SMILES string of the molecule is C=Cc1c(I)c(O)c(I)c(OCC(=O)OCC(F)(F)S(=O)(=O)O)c1I. The summed E-state index contributed by atoms with van der Waals surface area (Å²) in [5.74, 6) is -1.27. The zero-order valence-corrected chi connectivity index (χ0v) is 19.2. The standard InChI is InChI=1S/C12H9F2I3O7S/c1-2-5-7(15)10(19)9(17)11(8(5)16)23-3-6(18)24-4-12(13,14)25(20,21)22/h2,19H,1,3-4H2,(H,20,21,22). The van der Waals surface area contributed by atoms with Crippen molar-refractivity contribution in [3.05, 3.63) is 22.9 Å². The monoisotopic (exact) mass is 716 g/mol. The molecule has 0 radical (unpaired) electrons. The third-order valence-corrected chi connectivity index (χ3v) is 6.64. The number of hydrogen-bond donors (Lipinski definition) is 2. The molecule has 1 aromatic rings. The van der Waals surface area contributed by atoms with Crippen molar-refractivity contribution in [1.82, 2.24) is 0 Å². The van der Waals surface area contributed by atoms with Gasteiger partial charge < -0.3 is 14.6 Å². The second kappa shape index (κ2) is 8.79. The topological polar surface area (TPSA) is 110 Å². The number of ether oxygens (including phenoxy) is 2. The van der Waals surface area contributed by atoms with Gasteiger partial charge in [-0.05, 0) is 67.8 Å². The van der Waals surface area contributed by atoms with Crippen LogP contribution < -0.4 is 4.74 Å². The average Bonchev–Trinajstić information content (AvgIpc) is 2.50. The Bertz CT molecular complexity index is 812. The summed E-state index contributed by atoms with van der Waals surface area (Å²) in [6, 6.07) is 0. The normalized spacial score (nSPS) is 11.9. The lowest BCUT2D eigenvalue weighted by Crippen LogP contribution is -2.35. The maximum Gasteiger partial charge on any atom is 0.402 e. The quantitative estimate of drug-likeness (QED) is 0.254. The third kappa shape index (κ3) is 5.48. The number of esters is 1. The van der Waals surface area contributed by atoms with Crippen molar-refractivity contribution < 1.29 is 41.1 Å². The second-order valence-corrected chi connectivity index (χ2v) is 9.08. The molecule has 0 bridgehead atoms. The number of alkyl halides is 2. The summed E-state index contributed by atoms with van der Waals surface area (Å²) in [6.45, 7) is 0.940. The smallest absolute Gasteiger partial charge is 0.402 e. The zero-order valence-electron chi connectivity index (χ0n) is 11.9. The van der Waals surface area contributed by atoms with E-state index >= 15 is 0 Å². The Morgan fingerprint density at radius 3 is 2.28 bits per heavy atom. The summed E-state index contributed by atoms with van der Waals surface area (Å²) in [4.78, 5) is 11.5. The van der Waals surface area contributed by atoms with Crippen LogP contribution in [0.4, 0.5) is 8.78 Å². The first-order chi connectivity index (χ1) is 11.3. The molecule has 0 spiro atoms. The number of hydrogen-bond acceptors (Lipinski definition) is 6. The number of aromatic hydroxyl groups is 1. The molecule has 0 heterocycles. The highest BCUT2D eigenvalue weighted by atomic mass is 127. The van der Waals surface area contributed by atoms with Gasteiger partial charge in [-0.3, -0.25) is 4.55 Å². The number of phenols is 1. The lowest BCUT2D eigenvalue weighted by Gasteiger charge is -2.16. The fourth-order valence-electron chi connectivity index (χ4n) is 1.36. The van der Waals surface area contributed by atoms with Crippen LogP contribution in [0, 0.1) is 10.7 Å². The lowest BCUT2D eigenvalue weighted by molar-refractivity contribution is -0.152. The molecule has 7 nitrogen and oxygen atoms in total. The highest BCUT2D eigenvalue weighted by Crippen LogP contribution is 2.41. The van der Waals surface area contributed by atoms with E-state index in [-0.39, 0.29) is 15.1 Å². The number of halogens is 5. The molecule has 0 fully saturated rings. The van der Waals surface area contributed by atoms with Crippen molar-refractivity contribution >= 4 is 89.9 Å². The molecule has 13 heteroatoms. The van der Waals surface area contributed by atoms with E-state index in [0.717, 1.165) is 0 Å². The van der Waals surface area contributed by atoms with Gasteiger partial charge in [-0.15, -0.1) is 0 Å². The molecule has 0 amide bonds. The fourth-order valence-corrected chi connectivity index (χ4v) is 5.49. The molecule has 1 aromatic carbocycles. The van der Waals surface area contributed by atoms with E-state index in [1.54, 1.807) is 22.6 Å². The number of rotatable bonds is 7. The van der Waals surface area contributed by atoms with E-state index < -0.39 is 34.6 Å². The maximum atomic E-state index is 13.0. The van der Waals surface area contributed by atoms with Gasteiger partial charge in [0.2, 0.25) is 0 Å². The largest absolute Gasteiger partial charge is 0.506 e. The van der Waals surface area contributed by atoms with Crippen LogP contribution in [-0.2, 0) is 19.6 Å². The van der Waals surface area contributed by atoms with E-state index in [1.807, 2.05) is 45.2 Å². The average molecular weight is 716 g/mol. The van der Waals surface area contributed by atoms with Crippen LogP contribution in [0.1, 0.15) is 5.56 Å². The van der Waals surface area contributed by atoms with E-state index in [9.17, 15) is 27.1 Å². The molecule has 0 atom stereocenters. The van der Waals surface area contributed by atoms with Crippen molar-refractivity contribution in [2.24, 2.45) is 0 Å². The fraction of sp³-hybridized carbons (Fsp3) is 0.250. The molecule has 0 aliphatic heterocycles. The van der Waals surface area contributed by atoms with Gasteiger partial charge >= 0.3 is 21.3 Å². The van der Waals surface area contributed by atoms with Gasteiger partial charge in [0.1, 0.15) is 5.75 Å². The van der Waals surface area contributed by atoms with Crippen molar-refractivity contribution in [3.8, 4) is 11.5 Å². The van der Waals surface area contributed by atoms with Crippen LogP contribution >= 0.6 is 67.8 Å². The number of phenolic OH excluding ortho intramolecular Hbond substituents is 1. The maximum absolute atomic E-state index is 13.0. The van der Waals surface area contributed by atoms with E-state index in [1.165, 1.54) is 6.08 Å². The van der Waals surface area contributed by atoms with Gasteiger partial charge in [-0.1, -0.05) is 12.7 Å². The summed E-state index contributed by atoms with van der Waals surface area (Å²) in [5.41, 5.74) is 0.556. The first kappa shape index (κ1) is 23.0. The van der Waals surface area contributed by atoms with Crippen LogP contribution in [0.25, 0.3) is 6.08 Å². The van der Waals surface area contributed by atoms with Gasteiger partial charge in [0.05, 0.1) is 10.7 Å². The van der Waals surface area contributed by atoms with Crippen molar-refractivity contribution in [1.29, 1.82) is 0 Å². The Morgan fingerprint density at radius 2 is 1.80 bits per heavy atom. The Morgan fingerprint density at radius 1 is 1.24 bits per heavy atom. The number of carbonyl (C=O) groups is 1. The first-order valence-electron chi connectivity index (χ1n) is 5.98. The van der Waals surface area contributed by atoms with Crippen LogP contribution in [0.5, 0.6) is 11.5 Å². The van der Waals surface area contributed by atoms with Gasteiger partial charge in [0.15, 0.2) is 19.0 Å². The summed E-state index contributed by atoms with van der Waals surface area (Å²) >= 11 is 5.58. The highest BCUT2D eigenvalue weighted by Gasteiger charge is 2.45. The summed E-state index contributed by atoms with van der Waals surface area (Å²) < 4.78 is 65.7. The minimum absolute atomic E-state index is 0.0993. The van der Waals surface area contributed by atoms with Crippen LogP contribution in [0.15, 0.2) is 6.58 Å². The minimum atomic E-state index is -5.70. The van der Waals surface area contributed by atoms with Crippen LogP contribution in [-0.4, -0.2) is 42.5 Å². The minimum Gasteiger partial charge on any atom is -0.506 e. The molecule has 25 heavy (non-hydrogen) atoms. The Kier molecular flexibility index (Phi) is 8.09. The predicted octanol–water partition coefficient (Wildman–Crippen LogP) is 3.25. The molecule has 0 aliphatic carbocycles. The second-order valence-electron chi connectivity index (χ2n) is 4.30. The van der Waals surface area contributed by atoms with E-state index in [0.29, 0.717) is 12.7 Å². The van der Waals surface area contributed by atoms with Crippen molar-refractivity contribution in [3.63, 3.8) is 0 Å². The Hall–Kier alpha value is -0.0100. The molecule has 1 rings (SSSR count). The van der Waals surface area contributed by atoms with Gasteiger partial charge in [0.25, 0.3) is 0 Å². The molecular formula is C12H9F2I3O7S. The van der Waals surface area contributed by atoms with Crippen molar-refractivity contribution in [2.75, 3.05) is 13.2 Å². The Balaban J connectivity index is 2.88. The van der Waals surface area contributed by atoms with E-state index in [4.69, 9.17) is 9.29 Å². The lowest BCUT2D eigenvalue weighted by atomic mass is 10.2. The van der Waals surface area contributed by atoms with Crippen LogP contribution in [0.2, 0.25) is 0 Å². The highest BCUT2D eigenvalue weighted by molar-refractivity contribution is 14.1. The first-order valence-corrected chi connectivity index (χ1v) is 10.7. The summed E-state index contributed by atoms with van der Waals surface area (Å²) in [7, 11) is -5.70. The molecule has 0 saturated heterocycles. The Labute approximate surface area is 182 Å². The van der Waals surface area contributed by atoms with Gasteiger partial charge in [0, 0.05) is 5.56 Å². The van der Waals surface area contributed by atoms with Gasteiger partial charge in [-0.25, -0.2) is 4.79 Å². The summed E-state index contributed by atoms with van der Waals surface area (Å²) in [6.07, 6.45) is 1.47. The molecule has 140 valence electrons.